The third-order valence-corrected chi connectivity index (χ3v) is 3.36. The Morgan fingerprint density at radius 2 is 1.70 bits per heavy atom. The normalized spacial score (nSPS) is 34.1. The molecule has 0 spiro atoms. The highest BCUT2D eigenvalue weighted by atomic mass is 16.7. The summed E-state index contributed by atoms with van der Waals surface area (Å²) in [4.78, 5) is 0. The molecule has 1 aromatic carbocycles. The molecule has 1 heterocycles. The Hall–Kier alpha value is -1.02. The molecule has 0 amide bonds. The molecule has 5 atom stereocenters. The second-order valence-electron chi connectivity index (χ2n) is 4.80. The van der Waals surface area contributed by atoms with Gasteiger partial charge in [0.25, 0.3) is 0 Å². The molecular weight excluding hydrogens is 264 g/mol. The molecule has 2 rings (SSSR count). The smallest absolute Gasteiger partial charge is 0.186 e. The number of hydrogen-bond donors (Lipinski definition) is 4. The molecule has 1 saturated heterocycles. The van der Waals surface area contributed by atoms with Crippen LogP contribution in [0.4, 0.5) is 0 Å². The second-order valence-corrected chi connectivity index (χ2v) is 4.80. The molecule has 112 valence electrons. The lowest BCUT2D eigenvalue weighted by Crippen LogP contribution is -2.59. The SMILES string of the molecule is OC[C@H]1O[C@@H](OCCc2ccccc2)[C@H](O)[C@H](O)[C@@H]1O. The van der Waals surface area contributed by atoms with E-state index in [0.29, 0.717) is 13.0 Å². The number of rotatable bonds is 5. The molecule has 6 heteroatoms. The highest BCUT2D eigenvalue weighted by molar-refractivity contribution is 5.14. The fourth-order valence-corrected chi connectivity index (χ4v) is 2.14. The molecule has 1 aromatic rings. The fraction of sp³-hybridized carbons (Fsp3) is 0.571. The fourth-order valence-electron chi connectivity index (χ4n) is 2.14. The van der Waals surface area contributed by atoms with Crippen LogP contribution in [-0.2, 0) is 15.9 Å². The Bertz CT molecular complexity index is 396. The van der Waals surface area contributed by atoms with E-state index in [4.69, 9.17) is 14.6 Å². The summed E-state index contributed by atoms with van der Waals surface area (Å²) in [5, 5.41) is 38.1. The summed E-state index contributed by atoms with van der Waals surface area (Å²) in [5.41, 5.74) is 1.08. The van der Waals surface area contributed by atoms with E-state index >= 15 is 0 Å². The topological polar surface area (TPSA) is 99.4 Å². The predicted molar refractivity (Wildman–Crippen MR) is 69.9 cm³/mol. The van der Waals surface area contributed by atoms with E-state index in [9.17, 15) is 15.3 Å². The summed E-state index contributed by atoms with van der Waals surface area (Å²) in [5.74, 6) is 0. The third-order valence-electron chi connectivity index (χ3n) is 3.36. The molecule has 0 unspecified atom stereocenters. The zero-order valence-corrected chi connectivity index (χ0v) is 11.0. The molecule has 1 aliphatic heterocycles. The summed E-state index contributed by atoms with van der Waals surface area (Å²) in [6, 6.07) is 9.67. The van der Waals surface area contributed by atoms with Gasteiger partial charge in [-0.2, -0.15) is 0 Å². The van der Waals surface area contributed by atoms with Gasteiger partial charge in [0.1, 0.15) is 24.4 Å². The van der Waals surface area contributed by atoms with Crippen molar-refractivity contribution in [2.75, 3.05) is 13.2 Å². The van der Waals surface area contributed by atoms with E-state index in [2.05, 4.69) is 0 Å². The molecule has 1 fully saturated rings. The van der Waals surface area contributed by atoms with Crippen molar-refractivity contribution in [3.8, 4) is 0 Å². The van der Waals surface area contributed by atoms with Crippen molar-refractivity contribution in [3.05, 3.63) is 35.9 Å². The van der Waals surface area contributed by atoms with Crippen molar-refractivity contribution in [1.29, 1.82) is 0 Å². The van der Waals surface area contributed by atoms with Gasteiger partial charge >= 0.3 is 0 Å². The highest BCUT2D eigenvalue weighted by Gasteiger charge is 2.43. The first kappa shape index (κ1) is 15.4. The van der Waals surface area contributed by atoms with Gasteiger partial charge in [0.2, 0.25) is 0 Å². The Labute approximate surface area is 117 Å². The molecule has 1 aliphatic rings. The summed E-state index contributed by atoms with van der Waals surface area (Å²) in [6.45, 7) is -0.157. The van der Waals surface area contributed by atoms with Crippen LogP contribution in [0, 0.1) is 0 Å². The first-order chi connectivity index (χ1) is 9.63. The Morgan fingerprint density at radius 3 is 2.35 bits per heavy atom. The standard InChI is InChI=1S/C14H20O6/c15-8-10-11(16)12(17)13(18)14(20-10)19-7-6-9-4-2-1-3-5-9/h1-5,10-18H,6-8H2/t10-,11-,12-,13-,14-/m1/s1. The number of aliphatic hydroxyl groups excluding tert-OH is 4. The van der Waals surface area contributed by atoms with Gasteiger partial charge in [-0.1, -0.05) is 30.3 Å². The maximum absolute atomic E-state index is 9.78. The molecule has 0 radical (unpaired) electrons. The first-order valence-corrected chi connectivity index (χ1v) is 6.59. The van der Waals surface area contributed by atoms with Crippen LogP contribution in [0.1, 0.15) is 5.56 Å². The minimum absolute atomic E-state index is 0.298. The van der Waals surface area contributed by atoms with Gasteiger partial charge in [-0.3, -0.25) is 0 Å². The molecule has 4 N–H and O–H groups in total. The van der Waals surface area contributed by atoms with Gasteiger partial charge in [0, 0.05) is 0 Å². The van der Waals surface area contributed by atoms with Gasteiger partial charge in [0.05, 0.1) is 13.2 Å². The second kappa shape index (κ2) is 7.12. The molecular formula is C14H20O6. The zero-order chi connectivity index (χ0) is 14.5. The predicted octanol–water partition coefficient (Wildman–Crippen LogP) is -0.954. The minimum atomic E-state index is -1.40. The lowest BCUT2D eigenvalue weighted by molar-refractivity contribution is -0.300. The third kappa shape index (κ3) is 3.54. The lowest BCUT2D eigenvalue weighted by atomic mass is 9.99. The van der Waals surface area contributed by atoms with Crippen LogP contribution in [0.3, 0.4) is 0 Å². The van der Waals surface area contributed by atoms with E-state index in [1.165, 1.54) is 0 Å². The molecule has 6 nitrogen and oxygen atoms in total. The molecule has 20 heavy (non-hydrogen) atoms. The summed E-state index contributed by atoms with van der Waals surface area (Å²) in [7, 11) is 0. The molecule has 0 aromatic heterocycles. The van der Waals surface area contributed by atoms with E-state index in [1.807, 2.05) is 30.3 Å². The molecule has 0 saturated carbocycles. The van der Waals surface area contributed by atoms with E-state index in [1.54, 1.807) is 0 Å². The van der Waals surface area contributed by atoms with Crippen molar-refractivity contribution in [3.63, 3.8) is 0 Å². The number of benzene rings is 1. The van der Waals surface area contributed by atoms with Crippen LogP contribution < -0.4 is 0 Å². The monoisotopic (exact) mass is 284 g/mol. The number of ether oxygens (including phenoxy) is 2. The van der Waals surface area contributed by atoms with Gasteiger partial charge in [-0.25, -0.2) is 0 Å². The van der Waals surface area contributed by atoms with Crippen LogP contribution >= 0.6 is 0 Å². The average Bonchev–Trinajstić information content (AvgIpc) is 2.48. The van der Waals surface area contributed by atoms with E-state index in [0.717, 1.165) is 5.56 Å². The largest absolute Gasteiger partial charge is 0.394 e. The minimum Gasteiger partial charge on any atom is -0.394 e. The van der Waals surface area contributed by atoms with Crippen molar-refractivity contribution in [2.45, 2.75) is 37.1 Å². The van der Waals surface area contributed by atoms with Crippen molar-refractivity contribution in [1.82, 2.24) is 0 Å². The lowest BCUT2D eigenvalue weighted by Gasteiger charge is -2.39. The molecule has 0 bridgehead atoms. The summed E-state index contributed by atoms with van der Waals surface area (Å²) < 4.78 is 10.6. The van der Waals surface area contributed by atoms with Crippen LogP contribution in [0.15, 0.2) is 30.3 Å². The average molecular weight is 284 g/mol. The quantitative estimate of drug-likeness (QED) is 0.556. The summed E-state index contributed by atoms with van der Waals surface area (Å²) >= 11 is 0. The summed E-state index contributed by atoms with van der Waals surface area (Å²) in [6.07, 6.45) is -5.46. The highest BCUT2D eigenvalue weighted by Crippen LogP contribution is 2.22. The van der Waals surface area contributed by atoms with E-state index in [-0.39, 0.29) is 0 Å². The Balaban J connectivity index is 1.85. The Kier molecular flexibility index (Phi) is 5.47. The molecule has 0 aliphatic carbocycles. The zero-order valence-electron chi connectivity index (χ0n) is 11.0. The Morgan fingerprint density at radius 1 is 1.00 bits per heavy atom. The maximum Gasteiger partial charge on any atom is 0.186 e. The van der Waals surface area contributed by atoms with E-state index < -0.39 is 37.3 Å². The van der Waals surface area contributed by atoms with Crippen LogP contribution in [0.5, 0.6) is 0 Å². The van der Waals surface area contributed by atoms with Crippen LogP contribution in [0.25, 0.3) is 0 Å². The van der Waals surface area contributed by atoms with Crippen LogP contribution in [0.2, 0.25) is 0 Å². The van der Waals surface area contributed by atoms with Gasteiger partial charge in [-0.05, 0) is 12.0 Å². The number of hydrogen-bond acceptors (Lipinski definition) is 6. The maximum atomic E-state index is 9.78. The van der Waals surface area contributed by atoms with Gasteiger partial charge in [-0.15, -0.1) is 0 Å². The van der Waals surface area contributed by atoms with Gasteiger partial charge < -0.3 is 29.9 Å². The van der Waals surface area contributed by atoms with Gasteiger partial charge in [0.15, 0.2) is 6.29 Å². The van der Waals surface area contributed by atoms with Crippen LogP contribution in [-0.4, -0.2) is 64.3 Å². The van der Waals surface area contributed by atoms with Crippen molar-refractivity contribution >= 4 is 0 Å². The van der Waals surface area contributed by atoms with Crippen molar-refractivity contribution in [2.24, 2.45) is 0 Å². The number of aliphatic hydroxyl groups is 4. The van der Waals surface area contributed by atoms with Crippen molar-refractivity contribution < 1.29 is 29.9 Å². The first-order valence-electron chi connectivity index (χ1n) is 6.59.